The molecule has 0 atom stereocenters. The second kappa shape index (κ2) is 2.84. The number of carbonyl (C=O) groups is 1. The molecule has 2 fully saturated rings. The maximum absolute atomic E-state index is 11.0. The Hall–Kier alpha value is -0.370. The van der Waals surface area contributed by atoms with Gasteiger partial charge in [-0.25, -0.2) is 0 Å². The molecule has 0 aromatic heterocycles. The SMILES string of the molecule is CC(=O)CC1(C2CCC2)COC1. The van der Waals surface area contributed by atoms with Crippen LogP contribution in [0.1, 0.15) is 32.6 Å². The van der Waals surface area contributed by atoms with Gasteiger partial charge >= 0.3 is 0 Å². The molecule has 12 heavy (non-hydrogen) atoms. The van der Waals surface area contributed by atoms with Crippen LogP contribution in [-0.4, -0.2) is 19.0 Å². The predicted molar refractivity (Wildman–Crippen MR) is 45.9 cm³/mol. The smallest absolute Gasteiger partial charge is 0.130 e. The first-order valence-electron chi connectivity index (χ1n) is 4.80. The van der Waals surface area contributed by atoms with E-state index in [0.717, 1.165) is 25.6 Å². The van der Waals surface area contributed by atoms with Crippen molar-refractivity contribution in [3.63, 3.8) is 0 Å². The zero-order chi connectivity index (χ0) is 8.60. The fraction of sp³-hybridized carbons (Fsp3) is 0.900. The van der Waals surface area contributed by atoms with Gasteiger partial charge in [0.25, 0.3) is 0 Å². The highest BCUT2D eigenvalue weighted by molar-refractivity contribution is 5.76. The summed E-state index contributed by atoms with van der Waals surface area (Å²) >= 11 is 0. The lowest BCUT2D eigenvalue weighted by Crippen LogP contribution is -2.51. The van der Waals surface area contributed by atoms with Gasteiger partial charge in [0.1, 0.15) is 5.78 Å². The number of ether oxygens (including phenoxy) is 1. The molecule has 0 spiro atoms. The van der Waals surface area contributed by atoms with Crippen LogP contribution in [0.3, 0.4) is 0 Å². The quantitative estimate of drug-likeness (QED) is 0.642. The van der Waals surface area contributed by atoms with E-state index in [9.17, 15) is 4.79 Å². The van der Waals surface area contributed by atoms with Gasteiger partial charge in [-0.05, 0) is 25.7 Å². The van der Waals surface area contributed by atoms with E-state index in [1.165, 1.54) is 19.3 Å². The second-order valence-corrected chi connectivity index (χ2v) is 4.36. The first-order valence-corrected chi connectivity index (χ1v) is 4.80. The lowest BCUT2D eigenvalue weighted by molar-refractivity contribution is -0.171. The van der Waals surface area contributed by atoms with Crippen LogP contribution in [0.15, 0.2) is 0 Å². The molecule has 0 aromatic rings. The van der Waals surface area contributed by atoms with E-state index in [2.05, 4.69) is 0 Å². The van der Waals surface area contributed by atoms with Gasteiger partial charge in [-0.15, -0.1) is 0 Å². The molecule has 0 radical (unpaired) electrons. The first-order chi connectivity index (χ1) is 5.73. The summed E-state index contributed by atoms with van der Waals surface area (Å²) in [7, 11) is 0. The minimum Gasteiger partial charge on any atom is -0.380 e. The van der Waals surface area contributed by atoms with Crippen molar-refractivity contribution < 1.29 is 9.53 Å². The van der Waals surface area contributed by atoms with E-state index in [-0.39, 0.29) is 5.41 Å². The Bertz CT molecular complexity index is 190. The molecular formula is C10H16O2. The highest BCUT2D eigenvalue weighted by atomic mass is 16.5. The van der Waals surface area contributed by atoms with Crippen LogP contribution in [0.5, 0.6) is 0 Å². The van der Waals surface area contributed by atoms with Gasteiger partial charge in [-0.1, -0.05) is 6.42 Å². The largest absolute Gasteiger partial charge is 0.380 e. The summed E-state index contributed by atoms with van der Waals surface area (Å²) in [6.45, 7) is 3.35. The third-order valence-electron chi connectivity index (χ3n) is 3.35. The van der Waals surface area contributed by atoms with Crippen molar-refractivity contribution in [1.82, 2.24) is 0 Å². The third kappa shape index (κ3) is 1.18. The Labute approximate surface area is 73.3 Å². The summed E-state index contributed by atoms with van der Waals surface area (Å²) in [4.78, 5) is 11.0. The molecule has 68 valence electrons. The van der Waals surface area contributed by atoms with E-state index in [4.69, 9.17) is 4.74 Å². The zero-order valence-electron chi connectivity index (χ0n) is 7.64. The van der Waals surface area contributed by atoms with Gasteiger partial charge in [0, 0.05) is 11.8 Å². The van der Waals surface area contributed by atoms with Crippen molar-refractivity contribution in [1.29, 1.82) is 0 Å². The van der Waals surface area contributed by atoms with Crippen molar-refractivity contribution in [3.05, 3.63) is 0 Å². The Morgan fingerprint density at radius 1 is 1.50 bits per heavy atom. The highest BCUT2D eigenvalue weighted by Gasteiger charge is 2.48. The van der Waals surface area contributed by atoms with E-state index in [1.54, 1.807) is 6.92 Å². The molecular weight excluding hydrogens is 152 g/mol. The summed E-state index contributed by atoms with van der Waals surface area (Å²) in [6.07, 6.45) is 4.73. The summed E-state index contributed by atoms with van der Waals surface area (Å²) in [5.41, 5.74) is 0.268. The Morgan fingerprint density at radius 2 is 2.17 bits per heavy atom. The number of Topliss-reactive ketones (excluding diaryl/α,β-unsaturated/α-hetero) is 1. The lowest BCUT2D eigenvalue weighted by atomic mass is 9.62. The van der Waals surface area contributed by atoms with Crippen molar-refractivity contribution in [3.8, 4) is 0 Å². The maximum Gasteiger partial charge on any atom is 0.130 e. The van der Waals surface area contributed by atoms with Gasteiger partial charge in [0.2, 0.25) is 0 Å². The van der Waals surface area contributed by atoms with E-state index in [0.29, 0.717) is 5.78 Å². The first kappa shape index (κ1) is 8.24. The normalized spacial score (nSPS) is 27.4. The van der Waals surface area contributed by atoms with Crippen LogP contribution in [-0.2, 0) is 9.53 Å². The van der Waals surface area contributed by atoms with Gasteiger partial charge in [-0.2, -0.15) is 0 Å². The van der Waals surface area contributed by atoms with Gasteiger partial charge in [0.05, 0.1) is 13.2 Å². The van der Waals surface area contributed by atoms with Crippen LogP contribution in [0.4, 0.5) is 0 Å². The molecule has 0 bridgehead atoms. The molecule has 2 heteroatoms. The van der Waals surface area contributed by atoms with Crippen LogP contribution >= 0.6 is 0 Å². The van der Waals surface area contributed by atoms with Crippen molar-refractivity contribution >= 4 is 5.78 Å². The zero-order valence-corrected chi connectivity index (χ0v) is 7.64. The number of hydrogen-bond donors (Lipinski definition) is 0. The van der Waals surface area contributed by atoms with Crippen LogP contribution in [0.2, 0.25) is 0 Å². The third-order valence-corrected chi connectivity index (χ3v) is 3.35. The molecule has 1 aliphatic heterocycles. The van der Waals surface area contributed by atoms with E-state index < -0.39 is 0 Å². The molecule has 0 N–H and O–H groups in total. The molecule has 1 saturated heterocycles. The lowest BCUT2D eigenvalue weighted by Gasteiger charge is -2.50. The molecule has 1 heterocycles. The fourth-order valence-corrected chi connectivity index (χ4v) is 2.36. The molecule has 2 rings (SSSR count). The van der Waals surface area contributed by atoms with Crippen molar-refractivity contribution in [2.24, 2.45) is 11.3 Å². The van der Waals surface area contributed by atoms with Gasteiger partial charge < -0.3 is 9.53 Å². The maximum atomic E-state index is 11.0. The fourth-order valence-electron chi connectivity index (χ4n) is 2.36. The Kier molecular flexibility index (Phi) is 1.95. The summed E-state index contributed by atoms with van der Waals surface area (Å²) < 4.78 is 5.24. The Morgan fingerprint density at radius 3 is 2.42 bits per heavy atom. The monoisotopic (exact) mass is 168 g/mol. The standard InChI is InChI=1S/C10H16O2/c1-8(11)5-10(6-12-7-10)9-3-2-4-9/h9H,2-7H2,1H3. The van der Waals surface area contributed by atoms with E-state index in [1.807, 2.05) is 0 Å². The Balaban J connectivity index is 1.97. The highest BCUT2D eigenvalue weighted by Crippen LogP contribution is 2.48. The minimum absolute atomic E-state index is 0.268. The van der Waals surface area contributed by atoms with Gasteiger partial charge in [-0.3, -0.25) is 0 Å². The summed E-state index contributed by atoms with van der Waals surface area (Å²) in [5, 5.41) is 0. The molecule has 1 saturated carbocycles. The number of carbonyl (C=O) groups excluding carboxylic acids is 1. The summed E-state index contributed by atoms with van der Waals surface area (Å²) in [6, 6.07) is 0. The van der Waals surface area contributed by atoms with Crippen LogP contribution in [0.25, 0.3) is 0 Å². The van der Waals surface area contributed by atoms with Crippen LogP contribution < -0.4 is 0 Å². The summed E-state index contributed by atoms with van der Waals surface area (Å²) in [5.74, 6) is 1.11. The van der Waals surface area contributed by atoms with Crippen LogP contribution in [0, 0.1) is 11.3 Å². The molecule has 2 aliphatic rings. The predicted octanol–water partition coefficient (Wildman–Crippen LogP) is 1.78. The number of hydrogen-bond acceptors (Lipinski definition) is 2. The van der Waals surface area contributed by atoms with E-state index >= 15 is 0 Å². The molecule has 2 nitrogen and oxygen atoms in total. The molecule has 0 aromatic carbocycles. The molecule has 0 unspecified atom stereocenters. The minimum atomic E-state index is 0.268. The van der Waals surface area contributed by atoms with Crippen molar-refractivity contribution in [2.45, 2.75) is 32.6 Å². The average Bonchev–Trinajstić information content (AvgIpc) is 1.77. The van der Waals surface area contributed by atoms with Gasteiger partial charge in [0.15, 0.2) is 0 Å². The number of ketones is 1. The molecule has 1 aliphatic carbocycles. The van der Waals surface area contributed by atoms with Crippen molar-refractivity contribution in [2.75, 3.05) is 13.2 Å². The average molecular weight is 168 g/mol. The molecule has 0 amide bonds. The second-order valence-electron chi connectivity index (χ2n) is 4.36. The number of rotatable bonds is 3. The topological polar surface area (TPSA) is 26.3 Å².